The molecule has 1 aliphatic heterocycles. The summed E-state index contributed by atoms with van der Waals surface area (Å²) in [6.07, 6.45) is 1.05. The van der Waals surface area contributed by atoms with Gasteiger partial charge in [-0.25, -0.2) is 0 Å². The molecule has 2 rings (SSSR count). The summed E-state index contributed by atoms with van der Waals surface area (Å²) < 4.78 is 0. The van der Waals surface area contributed by atoms with Gasteiger partial charge in [0.05, 0.1) is 5.60 Å². The lowest BCUT2D eigenvalue weighted by molar-refractivity contribution is 0.0793. The maximum atomic E-state index is 10.00. The number of benzene rings is 1. The summed E-state index contributed by atoms with van der Waals surface area (Å²) in [5.41, 5.74) is 2.69. The number of hydrogen-bond acceptors (Lipinski definition) is 2. The fraction of sp³-hybridized carbons (Fsp3) is 0.500. The van der Waals surface area contributed by atoms with Gasteiger partial charge in [-0.3, -0.25) is 0 Å². The van der Waals surface area contributed by atoms with Gasteiger partial charge in [0.15, 0.2) is 0 Å². The molecule has 0 aliphatic carbocycles. The topological polar surface area (TPSA) is 32.3 Å². The molecule has 2 nitrogen and oxygen atoms in total. The zero-order valence-corrected chi connectivity index (χ0v) is 8.96. The second-order valence-electron chi connectivity index (χ2n) is 4.65. The summed E-state index contributed by atoms with van der Waals surface area (Å²) in [5.74, 6) is 0. The van der Waals surface area contributed by atoms with E-state index in [0.717, 1.165) is 17.7 Å². The van der Waals surface area contributed by atoms with Crippen LogP contribution in [0.5, 0.6) is 0 Å². The van der Waals surface area contributed by atoms with E-state index in [2.05, 4.69) is 18.3 Å². The molecule has 0 aromatic heterocycles. The fourth-order valence-electron chi connectivity index (χ4n) is 2.08. The third kappa shape index (κ3) is 1.50. The summed E-state index contributed by atoms with van der Waals surface area (Å²) in [6.45, 7) is 5.81. The van der Waals surface area contributed by atoms with Gasteiger partial charge in [0.25, 0.3) is 0 Å². The zero-order chi connectivity index (χ0) is 10.3. The van der Waals surface area contributed by atoms with E-state index in [9.17, 15) is 5.11 Å². The molecule has 1 heterocycles. The highest BCUT2D eigenvalue weighted by Crippen LogP contribution is 2.35. The Labute approximate surface area is 85.0 Å². The van der Waals surface area contributed by atoms with Crippen molar-refractivity contribution in [2.24, 2.45) is 0 Å². The van der Waals surface area contributed by atoms with Crippen LogP contribution in [0.2, 0.25) is 0 Å². The van der Waals surface area contributed by atoms with Crippen LogP contribution < -0.4 is 5.32 Å². The minimum atomic E-state index is -0.762. The molecule has 0 amide bonds. The molecule has 0 fully saturated rings. The van der Waals surface area contributed by atoms with Gasteiger partial charge in [0.2, 0.25) is 0 Å². The third-order valence-electron chi connectivity index (χ3n) is 2.73. The Morgan fingerprint density at radius 3 is 2.79 bits per heavy atom. The first kappa shape index (κ1) is 9.53. The minimum Gasteiger partial charge on any atom is -0.386 e. The van der Waals surface area contributed by atoms with Gasteiger partial charge in [-0.05, 0) is 32.8 Å². The molecular weight excluding hydrogens is 174 g/mol. The molecule has 2 heteroatoms. The quantitative estimate of drug-likeness (QED) is 0.713. The van der Waals surface area contributed by atoms with Gasteiger partial charge >= 0.3 is 0 Å². The summed E-state index contributed by atoms with van der Waals surface area (Å²) in [5, 5.41) is 13.4. The molecule has 0 bridgehead atoms. The SMILES string of the molecule is CC1Cc2cccc(C(C)(C)O)c2N1. The number of fused-ring (bicyclic) bond motifs is 1. The fourth-order valence-corrected chi connectivity index (χ4v) is 2.08. The average molecular weight is 191 g/mol. The third-order valence-corrected chi connectivity index (χ3v) is 2.73. The van der Waals surface area contributed by atoms with E-state index in [0.29, 0.717) is 6.04 Å². The van der Waals surface area contributed by atoms with E-state index in [4.69, 9.17) is 0 Å². The van der Waals surface area contributed by atoms with Crippen molar-refractivity contribution in [1.82, 2.24) is 0 Å². The van der Waals surface area contributed by atoms with Crippen molar-refractivity contribution in [3.05, 3.63) is 29.3 Å². The molecule has 0 spiro atoms. The molecule has 1 aromatic rings. The van der Waals surface area contributed by atoms with Gasteiger partial charge in [-0.15, -0.1) is 0 Å². The van der Waals surface area contributed by atoms with E-state index < -0.39 is 5.60 Å². The number of hydrogen-bond donors (Lipinski definition) is 2. The molecule has 2 N–H and O–H groups in total. The van der Waals surface area contributed by atoms with Crippen LogP contribution in [0.25, 0.3) is 0 Å². The average Bonchev–Trinajstić information content (AvgIpc) is 2.41. The first-order chi connectivity index (χ1) is 6.48. The largest absolute Gasteiger partial charge is 0.386 e. The Morgan fingerprint density at radius 1 is 1.43 bits per heavy atom. The monoisotopic (exact) mass is 191 g/mol. The van der Waals surface area contributed by atoms with E-state index in [1.807, 2.05) is 26.0 Å². The van der Waals surface area contributed by atoms with Crippen LogP contribution in [0.15, 0.2) is 18.2 Å². The van der Waals surface area contributed by atoms with Crippen LogP contribution >= 0.6 is 0 Å². The van der Waals surface area contributed by atoms with Crippen LogP contribution in [0.4, 0.5) is 5.69 Å². The van der Waals surface area contributed by atoms with E-state index in [1.165, 1.54) is 5.56 Å². The minimum absolute atomic E-state index is 0.480. The van der Waals surface area contributed by atoms with Crippen molar-refractivity contribution in [3.8, 4) is 0 Å². The van der Waals surface area contributed by atoms with Crippen molar-refractivity contribution >= 4 is 5.69 Å². The maximum Gasteiger partial charge on any atom is 0.0860 e. The lowest BCUT2D eigenvalue weighted by Gasteiger charge is -2.21. The summed E-state index contributed by atoms with van der Waals surface area (Å²) in [6, 6.07) is 6.62. The molecule has 1 atom stereocenters. The normalized spacial score (nSPS) is 20.4. The van der Waals surface area contributed by atoms with Gasteiger partial charge in [0, 0.05) is 17.3 Å². The van der Waals surface area contributed by atoms with Crippen molar-refractivity contribution in [2.75, 3.05) is 5.32 Å². The molecule has 0 radical (unpaired) electrons. The van der Waals surface area contributed by atoms with Crippen molar-refractivity contribution in [1.29, 1.82) is 0 Å². The molecule has 76 valence electrons. The van der Waals surface area contributed by atoms with Crippen LogP contribution in [-0.4, -0.2) is 11.1 Å². The molecule has 0 saturated carbocycles. The summed E-state index contributed by atoms with van der Waals surface area (Å²) in [7, 11) is 0. The first-order valence-corrected chi connectivity index (χ1v) is 5.10. The van der Waals surface area contributed by atoms with E-state index in [1.54, 1.807) is 0 Å². The highest BCUT2D eigenvalue weighted by Gasteiger charge is 2.26. The second kappa shape index (κ2) is 2.99. The first-order valence-electron chi connectivity index (χ1n) is 5.10. The Kier molecular flexibility index (Phi) is 2.04. The van der Waals surface area contributed by atoms with Crippen molar-refractivity contribution in [2.45, 2.75) is 38.8 Å². The number of aliphatic hydroxyl groups is 1. The highest BCUT2D eigenvalue weighted by atomic mass is 16.3. The summed E-state index contributed by atoms with van der Waals surface area (Å²) >= 11 is 0. The van der Waals surface area contributed by atoms with Crippen LogP contribution in [0.1, 0.15) is 31.9 Å². The smallest absolute Gasteiger partial charge is 0.0860 e. The van der Waals surface area contributed by atoms with Gasteiger partial charge in [-0.1, -0.05) is 18.2 Å². The van der Waals surface area contributed by atoms with Crippen molar-refractivity contribution < 1.29 is 5.11 Å². The van der Waals surface area contributed by atoms with E-state index in [-0.39, 0.29) is 0 Å². The zero-order valence-electron chi connectivity index (χ0n) is 8.96. The molecule has 14 heavy (non-hydrogen) atoms. The summed E-state index contributed by atoms with van der Waals surface area (Å²) in [4.78, 5) is 0. The Bertz CT molecular complexity index is 352. The van der Waals surface area contributed by atoms with Crippen LogP contribution in [0.3, 0.4) is 0 Å². The second-order valence-corrected chi connectivity index (χ2v) is 4.65. The Hall–Kier alpha value is -1.02. The van der Waals surface area contributed by atoms with Crippen LogP contribution in [-0.2, 0) is 12.0 Å². The lowest BCUT2D eigenvalue weighted by atomic mass is 9.94. The van der Waals surface area contributed by atoms with Gasteiger partial charge in [-0.2, -0.15) is 0 Å². The Morgan fingerprint density at radius 2 is 2.14 bits per heavy atom. The predicted molar refractivity (Wildman–Crippen MR) is 58.5 cm³/mol. The molecule has 0 saturated heterocycles. The highest BCUT2D eigenvalue weighted by molar-refractivity contribution is 5.63. The number of anilines is 1. The molecule has 1 aromatic carbocycles. The van der Waals surface area contributed by atoms with Gasteiger partial charge < -0.3 is 10.4 Å². The standard InChI is InChI=1S/C12H17NO/c1-8-7-9-5-4-6-10(11(9)13-8)12(2,3)14/h4-6,8,13-14H,7H2,1-3H3. The van der Waals surface area contributed by atoms with Crippen LogP contribution in [0, 0.1) is 0 Å². The lowest BCUT2D eigenvalue weighted by Crippen LogP contribution is -2.18. The van der Waals surface area contributed by atoms with Gasteiger partial charge in [0.1, 0.15) is 0 Å². The Balaban J connectivity index is 2.50. The number of nitrogens with one attached hydrogen (secondary N) is 1. The number of para-hydroxylation sites is 1. The predicted octanol–water partition coefficient (Wildman–Crippen LogP) is 2.27. The molecule has 1 unspecified atom stereocenters. The molecular formula is C12H17NO. The maximum absolute atomic E-state index is 10.00. The number of rotatable bonds is 1. The van der Waals surface area contributed by atoms with Crippen molar-refractivity contribution in [3.63, 3.8) is 0 Å². The molecule has 1 aliphatic rings. The van der Waals surface area contributed by atoms with E-state index >= 15 is 0 Å².